The zero-order valence-electron chi connectivity index (χ0n) is 14.1. The minimum atomic E-state index is -0.776. The average molecular weight is 412 g/mol. The van der Waals surface area contributed by atoms with Gasteiger partial charge in [-0.05, 0) is 30.3 Å². The van der Waals surface area contributed by atoms with E-state index >= 15 is 0 Å². The molecular formula is C17H15Cl2N3O5. The van der Waals surface area contributed by atoms with Gasteiger partial charge in [-0.25, -0.2) is 4.98 Å². The maximum absolute atomic E-state index is 11.9. The van der Waals surface area contributed by atoms with Crippen LogP contribution in [0, 0.1) is 0 Å². The van der Waals surface area contributed by atoms with Crippen molar-refractivity contribution in [2.45, 2.75) is 0 Å². The summed E-state index contributed by atoms with van der Waals surface area (Å²) >= 11 is 11.6. The summed E-state index contributed by atoms with van der Waals surface area (Å²) in [6, 6.07) is 7.75. The number of esters is 1. The van der Waals surface area contributed by atoms with Gasteiger partial charge in [0, 0.05) is 11.8 Å². The fourth-order valence-corrected chi connectivity index (χ4v) is 2.30. The van der Waals surface area contributed by atoms with Gasteiger partial charge in [0.1, 0.15) is 12.3 Å². The number of methoxy groups -OCH3 is 1. The van der Waals surface area contributed by atoms with Crippen molar-refractivity contribution in [3.8, 4) is 5.75 Å². The highest BCUT2D eigenvalue weighted by Gasteiger charge is 2.12. The average Bonchev–Trinajstić information content (AvgIpc) is 2.66. The predicted octanol–water partition coefficient (Wildman–Crippen LogP) is 2.31. The minimum absolute atomic E-state index is 0.0925. The Hall–Kier alpha value is -2.84. The molecule has 0 fully saturated rings. The number of anilines is 1. The fourth-order valence-electron chi connectivity index (χ4n) is 1.87. The van der Waals surface area contributed by atoms with Crippen molar-refractivity contribution in [1.82, 2.24) is 10.3 Å². The number of hydrogen-bond acceptors (Lipinski definition) is 6. The Kier molecular flexibility index (Phi) is 7.39. The first-order valence-electron chi connectivity index (χ1n) is 7.58. The molecule has 0 saturated carbocycles. The first kappa shape index (κ1) is 20.5. The number of aromatic nitrogens is 1. The summed E-state index contributed by atoms with van der Waals surface area (Å²) in [4.78, 5) is 39.2. The van der Waals surface area contributed by atoms with Gasteiger partial charge in [0.05, 0.1) is 17.2 Å². The second kappa shape index (κ2) is 9.75. The van der Waals surface area contributed by atoms with Crippen LogP contribution in [-0.2, 0) is 14.3 Å². The third-order valence-electron chi connectivity index (χ3n) is 3.18. The molecule has 10 heteroatoms. The number of nitrogens with zero attached hydrogens (tertiary/aromatic N) is 1. The predicted molar refractivity (Wildman–Crippen MR) is 99.2 cm³/mol. The van der Waals surface area contributed by atoms with Crippen LogP contribution in [0.1, 0.15) is 10.4 Å². The van der Waals surface area contributed by atoms with Crippen LogP contribution >= 0.6 is 23.2 Å². The number of nitrogens with one attached hydrogen (secondary N) is 2. The zero-order valence-corrected chi connectivity index (χ0v) is 15.6. The first-order chi connectivity index (χ1) is 12.9. The quantitative estimate of drug-likeness (QED) is 0.676. The molecule has 2 N–H and O–H groups in total. The number of amides is 2. The van der Waals surface area contributed by atoms with E-state index in [9.17, 15) is 14.4 Å². The summed E-state index contributed by atoms with van der Waals surface area (Å²) in [5.41, 5.74) is 0.352. The summed E-state index contributed by atoms with van der Waals surface area (Å²) in [5, 5.41) is 5.23. The van der Waals surface area contributed by atoms with Gasteiger partial charge >= 0.3 is 5.97 Å². The second-order valence-electron chi connectivity index (χ2n) is 5.10. The van der Waals surface area contributed by atoms with Crippen molar-refractivity contribution in [3.63, 3.8) is 0 Å². The Morgan fingerprint density at radius 3 is 2.48 bits per heavy atom. The molecule has 1 aromatic heterocycles. The molecule has 0 radical (unpaired) electrons. The highest BCUT2D eigenvalue weighted by Crippen LogP contribution is 2.22. The Morgan fingerprint density at radius 1 is 1.15 bits per heavy atom. The molecule has 1 heterocycles. The fraction of sp³-hybridized carbons (Fsp3) is 0.176. The number of ether oxygens (including phenoxy) is 2. The number of carbonyl (C=O) groups is 3. The van der Waals surface area contributed by atoms with E-state index in [1.54, 1.807) is 24.3 Å². The lowest BCUT2D eigenvalue weighted by molar-refractivity contribution is -0.146. The molecule has 27 heavy (non-hydrogen) atoms. The minimum Gasteiger partial charge on any atom is -0.497 e. The van der Waals surface area contributed by atoms with Gasteiger partial charge < -0.3 is 20.1 Å². The Morgan fingerprint density at radius 2 is 1.85 bits per heavy atom. The zero-order chi connectivity index (χ0) is 19.8. The first-order valence-corrected chi connectivity index (χ1v) is 8.33. The standard InChI is InChI=1S/C17H15Cl2N3O5/c1-26-12-4-2-10(3-5-12)17(25)21-8-15(24)27-9-14(23)22-16-13(19)6-11(18)7-20-16/h2-7H,8-9H2,1H3,(H,21,25)(H,20,22,23). The molecule has 0 aliphatic carbocycles. The molecule has 8 nitrogen and oxygen atoms in total. The molecule has 2 aromatic rings. The largest absolute Gasteiger partial charge is 0.497 e. The number of pyridine rings is 1. The summed E-state index contributed by atoms with van der Waals surface area (Å²) < 4.78 is 9.77. The maximum atomic E-state index is 11.9. The molecular weight excluding hydrogens is 397 g/mol. The molecule has 1 aromatic carbocycles. The molecule has 0 bridgehead atoms. The van der Waals surface area contributed by atoms with Crippen molar-refractivity contribution in [2.75, 3.05) is 25.6 Å². The summed E-state index contributed by atoms with van der Waals surface area (Å²) in [5.74, 6) is -1.18. The second-order valence-corrected chi connectivity index (χ2v) is 5.95. The van der Waals surface area contributed by atoms with Gasteiger partial charge in [0.2, 0.25) is 0 Å². The van der Waals surface area contributed by atoms with Crippen LogP contribution in [0.3, 0.4) is 0 Å². The smallest absolute Gasteiger partial charge is 0.325 e. The van der Waals surface area contributed by atoms with E-state index < -0.39 is 30.9 Å². The molecule has 142 valence electrons. The van der Waals surface area contributed by atoms with Crippen LogP contribution in [0.25, 0.3) is 0 Å². The van der Waals surface area contributed by atoms with Crippen molar-refractivity contribution in [3.05, 3.63) is 52.1 Å². The lowest BCUT2D eigenvalue weighted by Crippen LogP contribution is -2.32. The lowest BCUT2D eigenvalue weighted by Gasteiger charge is -2.08. The maximum Gasteiger partial charge on any atom is 0.325 e. The highest BCUT2D eigenvalue weighted by molar-refractivity contribution is 6.36. The summed E-state index contributed by atoms with van der Waals surface area (Å²) in [6.45, 7) is -0.948. The molecule has 0 spiro atoms. The van der Waals surface area contributed by atoms with Crippen molar-refractivity contribution < 1.29 is 23.9 Å². The van der Waals surface area contributed by atoms with Crippen molar-refractivity contribution >= 4 is 46.8 Å². The van der Waals surface area contributed by atoms with Gasteiger partial charge in [-0.2, -0.15) is 0 Å². The topological polar surface area (TPSA) is 107 Å². The van der Waals surface area contributed by atoms with Gasteiger partial charge in [-0.15, -0.1) is 0 Å². The molecule has 0 saturated heterocycles. The van der Waals surface area contributed by atoms with Crippen LogP contribution < -0.4 is 15.4 Å². The van der Waals surface area contributed by atoms with E-state index in [4.69, 9.17) is 32.7 Å². The van der Waals surface area contributed by atoms with Crippen LogP contribution in [-0.4, -0.2) is 43.0 Å². The van der Waals surface area contributed by atoms with Crippen LogP contribution in [0.4, 0.5) is 5.82 Å². The van der Waals surface area contributed by atoms with Crippen LogP contribution in [0.15, 0.2) is 36.5 Å². The van der Waals surface area contributed by atoms with Gasteiger partial charge in [0.15, 0.2) is 12.4 Å². The third-order valence-corrected chi connectivity index (χ3v) is 3.67. The molecule has 0 unspecified atom stereocenters. The van der Waals surface area contributed by atoms with E-state index in [0.29, 0.717) is 16.3 Å². The molecule has 2 rings (SSSR count). The molecule has 0 aliphatic heterocycles. The number of benzene rings is 1. The van der Waals surface area contributed by atoms with Crippen molar-refractivity contribution in [1.29, 1.82) is 0 Å². The normalized spacial score (nSPS) is 10.0. The van der Waals surface area contributed by atoms with Gasteiger partial charge in [-0.1, -0.05) is 23.2 Å². The number of rotatable bonds is 7. The summed E-state index contributed by atoms with van der Waals surface area (Å²) in [6.07, 6.45) is 1.31. The Labute approximate surface area is 164 Å². The van der Waals surface area contributed by atoms with E-state index in [2.05, 4.69) is 15.6 Å². The highest BCUT2D eigenvalue weighted by atomic mass is 35.5. The lowest BCUT2D eigenvalue weighted by atomic mass is 10.2. The number of halogens is 2. The monoisotopic (exact) mass is 411 g/mol. The summed E-state index contributed by atoms with van der Waals surface area (Å²) in [7, 11) is 1.51. The number of carbonyl (C=O) groups excluding carboxylic acids is 3. The van der Waals surface area contributed by atoms with E-state index in [1.807, 2.05) is 0 Å². The van der Waals surface area contributed by atoms with E-state index in [-0.39, 0.29) is 10.8 Å². The van der Waals surface area contributed by atoms with Crippen LogP contribution in [0.2, 0.25) is 10.0 Å². The van der Waals surface area contributed by atoms with Crippen molar-refractivity contribution in [2.24, 2.45) is 0 Å². The number of hydrogen-bond donors (Lipinski definition) is 2. The van der Waals surface area contributed by atoms with E-state index in [1.165, 1.54) is 19.4 Å². The molecule has 2 amide bonds. The van der Waals surface area contributed by atoms with Gasteiger partial charge in [-0.3, -0.25) is 14.4 Å². The third kappa shape index (κ3) is 6.43. The van der Waals surface area contributed by atoms with Crippen LogP contribution in [0.5, 0.6) is 5.75 Å². The van der Waals surface area contributed by atoms with E-state index in [0.717, 1.165) is 0 Å². The SMILES string of the molecule is COc1ccc(C(=O)NCC(=O)OCC(=O)Nc2ncc(Cl)cc2Cl)cc1. The Bertz CT molecular complexity index is 843. The molecule has 0 aliphatic rings. The Balaban J connectivity index is 1.74. The molecule has 0 atom stereocenters. The van der Waals surface area contributed by atoms with Gasteiger partial charge in [0.25, 0.3) is 11.8 Å².